The number of hydrogen-bond donors (Lipinski definition) is 1. The molecule has 28 heavy (non-hydrogen) atoms. The van der Waals surface area contributed by atoms with Crippen LogP contribution in [0.25, 0.3) is 0 Å². The van der Waals surface area contributed by atoms with Gasteiger partial charge in [-0.3, -0.25) is 14.1 Å². The highest BCUT2D eigenvalue weighted by molar-refractivity contribution is 7.87. The molecule has 0 aromatic rings. The quantitative estimate of drug-likeness (QED) is 0.162. The summed E-state index contributed by atoms with van der Waals surface area (Å²) in [6.07, 6.45) is 10.4. The standard InChI is InChI=1S/C20H36O7S/c1-4-7-8-9-10-11-12-14-17(13-5-2)27-19(21)16-18(28(23,24)25)20(22)26-15-6-3/h6,17-18H,3-5,7-16H2,1-2H3,(H,23,24,25). The Morgan fingerprint density at radius 2 is 1.61 bits per heavy atom. The topological polar surface area (TPSA) is 107 Å². The summed E-state index contributed by atoms with van der Waals surface area (Å²) in [4.78, 5) is 23.9. The normalized spacial score (nSPS) is 13.5. The van der Waals surface area contributed by atoms with Crippen molar-refractivity contribution in [3.63, 3.8) is 0 Å². The second-order valence-electron chi connectivity index (χ2n) is 6.94. The fraction of sp³-hybridized carbons (Fsp3) is 0.800. The molecule has 0 aliphatic heterocycles. The zero-order chi connectivity index (χ0) is 21.4. The van der Waals surface area contributed by atoms with Crippen molar-refractivity contribution < 1.29 is 32.0 Å². The smallest absolute Gasteiger partial charge is 0.327 e. The van der Waals surface area contributed by atoms with Gasteiger partial charge in [0.15, 0.2) is 5.25 Å². The van der Waals surface area contributed by atoms with Crippen molar-refractivity contribution in [2.75, 3.05) is 6.61 Å². The van der Waals surface area contributed by atoms with Crippen molar-refractivity contribution in [2.45, 2.75) is 95.8 Å². The van der Waals surface area contributed by atoms with Gasteiger partial charge in [0.2, 0.25) is 0 Å². The zero-order valence-corrected chi connectivity index (χ0v) is 18.0. The minimum absolute atomic E-state index is 0.212. The van der Waals surface area contributed by atoms with E-state index in [1.807, 2.05) is 6.92 Å². The first-order valence-corrected chi connectivity index (χ1v) is 11.7. The van der Waals surface area contributed by atoms with Gasteiger partial charge in [-0.2, -0.15) is 8.42 Å². The lowest BCUT2D eigenvalue weighted by Gasteiger charge is -2.19. The van der Waals surface area contributed by atoms with E-state index in [1.54, 1.807) is 0 Å². The molecular weight excluding hydrogens is 384 g/mol. The van der Waals surface area contributed by atoms with Crippen molar-refractivity contribution in [1.82, 2.24) is 0 Å². The summed E-state index contributed by atoms with van der Waals surface area (Å²) in [5.41, 5.74) is 0. The first-order chi connectivity index (χ1) is 13.3. The Hall–Kier alpha value is -1.41. The van der Waals surface area contributed by atoms with Crippen LogP contribution in [-0.4, -0.2) is 42.9 Å². The van der Waals surface area contributed by atoms with E-state index in [-0.39, 0.29) is 12.7 Å². The summed E-state index contributed by atoms with van der Waals surface area (Å²) in [7, 11) is -4.78. The Bertz CT molecular complexity index is 557. The molecule has 0 bridgehead atoms. The lowest BCUT2D eigenvalue weighted by molar-refractivity contribution is -0.153. The minimum atomic E-state index is -4.78. The first kappa shape index (κ1) is 26.6. The van der Waals surface area contributed by atoms with Gasteiger partial charge in [0.1, 0.15) is 12.7 Å². The maximum atomic E-state index is 12.1. The molecule has 0 aliphatic carbocycles. The predicted octanol–water partition coefficient (Wildman–Crippen LogP) is 4.21. The molecule has 0 heterocycles. The van der Waals surface area contributed by atoms with Crippen LogP contribution < -0.4 is 0 Å². The molecule has 0 aromatic heterocycles. The third-order valence-electron chi connectivity index (χ3n) is 4.36. The van der Waals surface area contributed by atoms with Crippen LogP contribution >= 0.6 is 0 Å². The Labute approximate surface area is 169 Å². The van der Waals surface area contributed by atoms with Gasteiger partial charge in [0, 0.05) is 0 Å². The molecule has 0 saturated heterocycles. The number of rotatable bonds is 17. The average Bonchev–Trinajstić information content (AvgIpc) is 2.62. The number of carbonyl (C=O) groups is 2. The van der Waals surface area contributed by atoms with Gasteiger partial charge in [-0.05, 0) is 19.3 Å². The number of carbonyl (C=O) groups excluding carboxylic acids is 2. The summed E-state index contributed by atoms with van der Waals surface area (Å²) in [5, 5.41) is -1.99. The fourth-order valence-electron chi connectivity index (χ4n) is 2.84. The van der Waals surface area contributed by atoms with E-state index in [1.165, 1.54) is 31.8 Å². The molecule has 0 rings (SSSR count). The second kappa shape index (κ2) is 15.5. The maximum Gasteiger partial charge on any atom is 0.327 e. The molecule has 0 amide bonds. The third-order valence-corrected chi connectivity index (χ3v) is 5.43. The van der Waals surface area contributed by atoms with E-state index in [2.05, 4.69) is 18.2 Å². The molecule has 1 N–H and O–H groups in total. The number of esters is 2. The van der Waals surface area contributed by atoms with E-state index >= 15 is 0 Å². The highest BCUT2D eigenvalue weighted by Gasteiger charge is 2.36. The Kier molecular flexibility index (Phi) is 14.7. The predicted molar refractivity (Wildman–Crippen MR) is 109 cm³/mol. The number of hydrogen-bond acceptors (Lipinski definition) is 6. The van der Waals surface area contributed by atoms with E-state index in [0.29, 0.717) is 12.8 Å². The molecule has 2 atom stereocenters. The molecule has 0 fully saturated rings. The van der Waals surface area contributed by atoms with Crippen LogP contribution in [0.4, 0.5) is 0 Å². The van der Waals surface area contributed by atoms with Crippen LogP contribution in [0.1, 0.15) is 84.5 Å². The molecule has 0 aliphatic rings. The van der Waals surface area contributed by atoms with Crippen molar-refractivity contribution in [3.8, 4) is 0 Å². The van der Waals surface area contributed by atoms with Crippen LogP contribution in [0.3, 0.4) is 0 Å². The van der Waals surface area contributed by atoms with E-state index in [0.717, 1.165) is 25.7 Å². The van der Waals surface area contributed by atoms with Crippen LogP contribution in [0.2, 0.25) is 0 Å². The zero-order valence-electron chi connectivity index (χ0n) is 17.2. The molecule has 0 saturated carbocycles. The van der Waals surface area contributed by atoms with E-state index in [9.17, 15) is 22.6 Å². The summed E-state index contributed by atoms with van der Waals surface area (Å²) in [6, 6.07) is 0. The summed E-state index contributed by atoms with van der Waals surface area (Å²) < 4.78 is 42.1. The Morgan fingerprint density at radius 1 is 1.00 bits per heavy atom. The fourth-order valence-corrected chi connectivity index (χ4v) is 3.50. The van der Waals surface area contributed by atoms with Gasteiger partial charge in [-0.1, -0.05) is 71.4 Å². The molecule has 2 unspecified atom stereocenters. The third kappa shape index (κ3) is 12.9. The van der Waals surface area contributed by atoms with Crippen LogP contribution in [-0.2, 0) is 29.2 Å². The van der Waals surface area contributed by atoms with E-state index < -0.39 is 33.7 Å². The van der Waals surface area contributed by atoms with Crippen molar-refractivity contribution >= 4 is 22.1 Å². The van der Waals surface area contributed by atoms with Gasteiger partial charge >= 0.3 is 11.9 Å². The molecule has 0 radical (unpaired) electrons. The van der Waals surface area contributed by atoms with Gasteiger partial charge in [-0.15, -0.1) is 0 Å². The Balaban J connectivity index is 4.54. The molecule has 0 aromatic carbocycles. The molecule has 164 valence electrons. The lowest BCUT2D eigenvalue weighted by atomic mass is 10.0. The molecule has 0 spiro atoms. The summed E-state index contributed by atoms with van der Waals surface area (Å²) in [5.74, 6) is -2.03. The Morgan fingerprint density at radius 3 is 2.14 bits per heavy atom. The van der Waals surface area contributed by atoms with Gasteiger partial charge in [0.25, 0.3) is 10.1 Å². The van der Waals surface area contributed by atoms with Gasteiger partial charge in [0.05, 0.1) is 6.42 Å². The number of unbranched alkanes of at least 4 members (excludes halogenated alkanes) is 6. The monoisotopic (exact) mass is 420 g/mol. The van der Waals surface area contributed by atoms with Gasteiger partial charge in [-0.25, -0.2) is 0 Å². The van der Waals surface area contributed by atoms with Crippen molar-refractivity contribution in [3.05, 3.63) is 12.7 Å². The van der Waals surface area contributed by atoms with Crippen molar-refractivity contribution in [2.24, 2.45) is 0 Å². The molecule has 7 nitrogen and oxygen atoms in total. The summed E-state index contributed by atoms with van der Waals surface area (Å²) in [6.45, 7) is 7.29. The van der Waals surface area contributed by atoms with Crippen molar-refractivity contribution in [1.29, 1.82) is 0 Å². The van der Waals surface area contributed by atoms with Crippen LogP contribution in [0, 0.1) is 0 Å². The maximum absolute atomic E-state index is 12.1. The first-order valence-electron chi connectivity index (χ1n) is 10.2. The minimum Gasteiger partial charge on any atom is -0.462 e. The molecule has 8 heteroatoms. The SMILES string of the molecule is C=CCOC(=O)C(CC(=O)OC(CCC)CCCCCCCCC)S(=O)(=O)O. The van der Waals surface area contributed by atoms with Crippen LogP contribution in [0.5, 0.6) is 0 Å². The van der Waals surface area contributed by atoms with E-state index in [4.69, 9.17) is 4.74 Å². The molecular formula is C20H36O7S. The lowest BCUT2D eigenvalue weighted by Crippen LogP contribution is -2.35. The largest absolute Gasteiger partial charge is 0.462 e. The summed E-state index contributed by atoms with van der Waals surface area (Å²) >= 11 is 0. The van der Waals surface area contributed by atoms with Gasteiger partial charge < -0.3 is 9.47 Å². The second-order valence-corrected chi connectivity index (χ2v) is 8.54. The highest BCUT2D eigenvalue weighted by Crippen LogP contribution is 2.17. The average molecular weight is 421 g/mol. The highest BCUT2D eigenvalue weighted by atomic mass is 32.2. The van der Waals surface area contributed by atoms with Crippen LogP contribution in [0.15, 0.2) is 12.7 Å². The number of ether oxygens (including phenoxy) is 2.